The zero-order chi connectivity index (χ0) is 12.4. The van der Waals surface area contributed by atoms with Crippen LogP contribution in [0.25, 0.3) is 11.0 Å². The van der Waals surface area contributed by atoms with Crippen molar-refractivity contribution < 1.29 is 9.13 Å². The number of methoxy groups -OCH3 is 1. The smallest absolute Gasteiger partial charge is 0.125 e. The lowest BCUT2D eigenvalue weighted by atomic mass is 10.3. The maximum absolute atomic E-state index is 13.2. The Kier molecular flexibility index (Phi) is 3.64. The molecule has 0 amide bonds. The van der Waals surface area contributed by atoms with Crippen molar-refractivity contribution in [1.82, 2.24) is 9.55 Å². The first kappa shape index (κ1) is 12.3. The number of ether oxygens (including phenoxy) is 1. The molecule has 0 bridgehead atoms. The number of hydrogen-bond acceptors (Lipinski definition) is 2. The van der Waals surface area contributed by atoms with Gasteiger partial charge < -0.3 is 9.30 Å². The Morgan fingerprint density at radius 3 is 2.94 bits per heavy atom. The number of imidazole rings is 1. The van der Waals surface area contributed by atoms with Gasteiger partial charge in [-0.2, -0.15) is 0 Å². The summed E-state index contributed by atoms with van der Waals surface area (Å²) in [5, 5.41) is 0. The van der Waals surface area contributed by atoms with Gasteiger partial charge in [-0.1, -0.05) is 0 Å². The number of rotatable bonds is 4. The predicted octanol–water partition coefficient (Wildman–Crippen LogP) is 2.95. The van der Waals surface area contributed by atoms with E-state index in [1.54, 1.807) is 13.2 Å². The molecule has 92 valence electrons. The van der Waals surface area contributed by atoms with Gasteiger partial charge in [-0.15, -0.1) is 11.6 Å². The number of hydrogen-bond donors (Lipinski definition) is 0. The van der Waals surface area contributed by atoms with Gasteiger partial charge in [0.15, 0.2) is 0 Å². The molecule has 0 radical (unpaired) electrons. The van der Waals surface area contributed by atoms with Crippen LogP contribution in [-0.2, 0) is 17.2 Å². The topological polar surface area (TPSA) is 27.1 Å². The van der Waals surface area contributed by atoms with Crippen LogP contribution < -0.4 is 0 Å². The van der Waals surface area contributed by atoms with E-state index in [2.05, 4.69) is 4.98 Å². The first-order chi connectivity index (χ1) is 8.15. The molecule has 0 aliphatic heterocycles. The van der Waals surface area contributed by atoms with Crippen LogP contribution in [0.1, 0.15) is 12.7 Å². The third-order valence-corrected chi connectivity index (χ3v) is 2.99. The van der Waals surface area contributed by atoms with E-state index < -0.39 is 0 Å². The second-order valence-corrected chi connectivity index (χ2v) is 4.22. The van der Waals surface area contributed by atoms with Crippen LogP contribution in [0, 0.1) is 5.82 Å². The maximum Gasteiger partial charge on any atom is 0.125 e. The van der Waals surface area contributed by atoms with Gasteiger partial charge in [0.2, 0.25) is 0 Å². The van der Waals surface area contributed by atoms with Gasteiger partial charge in [-0.25, -0.2) is 9.37 Å². The van der Waals surface area contributed by atoms with E-state index in [0.29, 0.717) is 12.4 Å². The van der Waals surface area contributed by atoms with Crippen molar-refractivity contribution in [3.8, 4) is 0 Å². The molecule has 2 rings (SSSR count). The SMILES string of the molecule is COC(C)Cn1c(CCl)nc2ccc(F)cc21. The fourth-order valence-electron chi connectivity index (χ4n) is 1.78. The molecule has 0 fully saturated rings. The minimum absolute atomic E-state index is 0.0256. The Bertz CT molecular complexity index is 526. The quantitative estimate of drug-likeness (QED) is 0.787. The minimum Gasteiger partial charge on any atom is -0.380 e. The molecule has 1 unspecified atom stereocenters. The van der Waals surface area contributed by atoms with E-state index in [0.717, 1.165) is 16.9 Å². The largest absolute Gasteiger partial charge is 0.380 e. The van der Waals surface area contributed by atoms with Crippen LogP contribution in [0.3, 0.4) is 0 Å². The summed E-state index contributed by atoms with van der Waals surface area (Å²) >= 11 is 5.85. The molecular weight excluding hydrogens is 243 g/mol. The standard InChI is InChI=1S/C12H14ClFN2O/c1-8(17-2)7-16-11-5-9(14)3-4-10(11)15-12(16)6-13/h3-5,8H,6-7H2,1-2H3. The monoisotopic (exact) mass is 256 g/mol. The average Bonchev–Trinajstić information content (AvgIpc) is 2.67. The number of aromatic nitrogens is 2. The molecule has 0 aliphatic rings. The molecule has 0 aliphatic carbocycles. The second-order valence-electron chi connectivity index (χ2n) is 3.95. The van der Waals surface area contributed by atoms with Gasteiger partial charge in [-0.3, -0.25) is 0 Å². The number of nitrogens with zero attached hydrogens (tertiary/aromatic N) is 2. The van der Waals surface area contributed by atoms with Crippen LogP contribution in [0.4, 0.5) is 4.39 Å². The van der Waals surface area contributed by atoms with Gasteiger partial charge in [0.1, 0.15) is 11.6 Å². The lowest BCUT2D eigenvalue weighted by Crippen LogP contribution is -2.16. The Morgan fingerprint density at radius 1 is 1.53 bits per heavy atom. The summed E-state index contributed by atoms with van der Waals surface area (Å²) in [6, 6.07) is 4.53. The summed E-state index contributed by atoms with van der Waals surface area (Å²) in [4.78, 5) is 4.37. The fourth-order valence-corrected chi connectivity index (χ4v) is 1.99. The Morgan fingerprint density at radius 2 is 2.29 bits per heavy atom. The first-order valence-electron chi connectivity index (χ1n) is 5.39. The first-order valence-corrected chi connectivity index (χ1v) is 5.92. The summed E-state index contributed by atoms with van der Waals surface area (Å²) in [5.74, 6) is 0.758. The molecule has 17 heavy (non-hydrogen) atoms. The van der Waals surface area contributed by atoms with E-state index >= 15 is 0 Å². The van der Waals surface area contributed by atoms with E-state index in [4.69, 9.17) is 16.3 Å². The Hall–Kier alpha value is -1.13. The normalized spacial score (nSPS) is 13.2. The van der Waals surface area contributed by atoms with Crippen LogP contribution in [0.15, 0.2) is 18.2 Å². The van der Waals surface area contributed by atoms with Crippen molar-refractivity contribution in [3.05, 3.63) is 29.8 Å². The molecule has 0 saturated carbocycles. The molecule has 0 N–H and O–H groups in total. The highest BCUT2D eigenvalue weighted by Gasteiger charge is 2.12. The highest BCUT2D eigenvalue weighted by atomic mass is 35.5. The molecule has 3 nitrogen and oxygen atoms in total. The summed E-state index contributed by atoms with van der Waals surface area (Å²) in [5.41, 5.74) is 1.51. The van der Waals surface area contributed by atoms with Crippen molar-refractivity contribution in [1.29, 1.82) is 0 Å². The highest BCUT2D eigenvalue weighted by molar-refractivity contribution is 6.16. The molecule has 1 aromatic heterocycles. The van der Waals surface area contributed by atoms with Crippen molar-refractivity contribution in [2.45, 2.75) is 25.5 Å². The minimum atomic E-state index is -0.273. The molecule has 1 heterocycles. The van der Waals surface area contributed by atoms with E-state index in [1.165, 1.54) is 12.1 Å². The molecular formula is C12H14ClFN2O. The van der Waals surface area contributed by atoms with E-state index in [1.807, 2.05) is 11.5 Å². The third kappa shape index (κ3) is 2.42. The third-order valence-electron chi connectivity index (χ3n) is 2.75. The number of fused-ring (bicyclic) bond motifs is 1. The summed E-state index contributed by atoms with van der Waals surface area (Å²) in [6.07, 6.45) is 0.0256. The van der Waals surface area contributed by atoms with Gasteiger partial charge in [0.25, 0.3) is 0 Å². The fraction of sp³-hybridized carbons (Fsp3) is 0.417. The summed E-state index contributed by atoms with van der Waals surface area (Å²) < 4.78 is 20.4. The van der Waals surface area contributed by atoms with Gasteiger partial charge in [-0.05, 0) is 25.1 Å². The van der Waals surface area contributed by atoms with Crippen molar-refractivity contribution in [2.24, 2.45) is 0 Å². The van der Waals surface area contributed by atoms with Gasteiger partial charge in [0.05, 0.1) is 29.6 Å². The molecule has 5 heteroatoms. The lowest BCUT2D eigenvalue weighted by Gasteiger charge is -2.13. The molecule has 0 spiro atoms. The molecule has 2 aromatic rings. The van der Waals surface area contributed by atoms with Crippen LogP contribution in [-0.4, -0.2) is 22.8 Å². The van der Waals surface area contributed by atoms with Gasteiger partial charge in [0, 0.05) is 7.11 Å². The number of alkyl halides is 1. The Balaban J connectivity index is 2.52. The van der Waals surface area contributed by atoms with E-state index in [-0.39, 0.29) is 11.9 Å². The van der Waals surface area contributed by atoms with E-state index in [9.17, 15) is 4.39 Å². The van der Waals surface area contributed by atoms with Crippen LogP contribution in [0.2, 0.25) is 0 Å². The van der Waals surface area contributed by atoms with Crippen LogP contribution in [0.5, 0.6) is 0 Å². The van der Waals surface area contributed by atoms with Crippen molar-refractivity contribution in [3.63, 3.8) is 0 Å². The second kappa shape index (κ2) is 5.02. The highest BCUT2D eigenvalue weighted by Crippen LogP contribution is 2.19. The van der Waals surface area contributed by atoms with Crippen LogP contribution >= 0.6 is 11.6 Å². The lowest BCUT2D eigenvalue weighted by molar-refractivity contribution is 0.103. The molecule has 0 saturated heterocycles. The number of benzene rings is 1. The average molecular weight is 257 g/mol. The van der Waals surface area contributed by atoms with Gasteiger partial charge >= 0.3 is 0 Å². The predicted molar refractivity (Wildman–Crippen MR) is 65.7 cm³/mol. The molecule has 1 atom stereocenters. The zero-order valence-corrected chi connectivity index (χ0v) is 10.5. The zero-order valence-electron chi connectivity index (χ0n) is 9.78. The summed E-state index contributed by atoms with van der Waals surface area (Å²) in [7, 11) is 1.64. The van der Waals surface area contributed by atoms with Crippen molar-refractivity contribution >= 4 is 22.6 Å². The number of halogens is 2. The van der Waals surface area contributed by atoms with Crippen molar-refractivity contribution in [2.75, 3.05) is 7.11 Å². The Labute approximate surface area is 104 Å². The summed E-state index contributed by atoms with van der Waals surface area (Å²) in [6.45, 7) is 2.56. The maximum atomic E-state index is 13.2. The molecule has 1 aromatic carbocycles.